The van der Waals surface area contributed by atoms with E-state index in [1.165, 1.54) is 0 Å². The van der Waals surface area contributed by atoms with E-state index in [0.29, 0.717) is 0 Å². The molecule has 1 aliphatic carbocycles. The van der Waals surface area contributed by atoms with Crippen molar-refractivity contribution in [3.05, 3.63) is 66.2 Å². The zero-order valence-corrected chi connectivity index (χ0v) is 14.7. The summed E-state index contributed by atoms with van der Waals surface area (Å²) in [6.07, 6.45) is 3.07. The third-order valence-electron chi connectivity index (χ3n) is 4.66. The molecule has 0 aromatic heterocycles. The summed E-state index contributed by atoms with van der Waals surface area (Å²) in [6.45, 7) is 0.222. The highest BCUT2D eigenvalue weighted by Crippen LogP contribution is 2.26. The molecule has 5 heteroatoms. The molecule has 0 spiro atoms. The van der Waals surface area contributed by atoms with E-state index in [-0.39, 0.29) is 24.5 Å². The van der Waals surface area contributed by atoms with Crippen molar-refractivity contribution >= 4 is 17.7 Å². The quantitative estimate of drug-likeness (QED) is 0.851. The smallest absolute Gasteiger partial charge is 0.407 e. The molecule has 2 atom stereocenters. The van der Waals surface area contributed by atoms with E-state index in [2.05, 4.69) is 10.6 Å². The zero-order valence-electron chi connectivity index (χ0n) is 14.7. The van der Waals surface area contributed by atoms with E-state index in [0.717, 1.165) is 36.9 Å². The van der Waals surface area contributed by atoms with Gasteiger partial charge in [0.2, 0.25) is 5.91 Å². The van der Waals surface area contributed by atoms with Gasteiger partial charge in [0.05, 0.1) is 5.92 Å². The molecule has 2 aromatic rings. The summed E-state index contributed by atoms with van der Waals surface area (Å²) in [4.78, 5) is 24.8. The molecule has 1 saturated carbocycles. The molecule has 1 aliphatic rings. The van der Waals surface area contributed by atoms with E-state index in [1.54, 1.807) is 0 Å². The average molecular weight is 352 g/mol. The molecule has 26 heavy (non-hydrogen) atoms. The minimum Gasteiger partial charge on any atom is -0.445 e. The predicted molar refractivity (Wildman–Crippen MR) is 101 cm³/mol. The van der Waals surface area contributed by atoms with Crippen LogP contribution in [0.1, 0.15) is 31.2 Å². The molecule has 5 nitrogen and oxygen atoms in total. The van der Waals surface area contributed by atoms with E-state index in [9.17, 15) is 9.59 Å². The van der Waals surface area contributed by atoms with E-state index in [1.807, 2.05) is 60.7 Å². The van der Waals surface area contributed by atoms with Crippen molar-refractivity contribution < 1.29 is 14.3 Å². The van der Waals surface area contributed by atoms with E-state index < -0.39 is 6.09 Å². The van der Waals surface area contributed by atoms with Gasteiger partial charge in [0.1, 0.15) is 6.61 Å². The Hall–Kier alpha value is -2.82. The number of ether oxygens (including phenoxy) is 1. The Morgan fingerprint density at radius 2 is 1.58 bits per heavy atom. The first-order chi connectivity index (χ1) is 12.7. The van der Waals surface area contributed by atoms with Crippen molar-refractivity contribution in [2.45, 2.75) is 38.3 Å². The molecule has 2 N–H and O–H groups in total. The normalized spacial score (nSPS) is 19.4. The number of carbonyl (C=O) groups is 2. The molecule has 0 saturated heterocycles. The summed E-state index contributed by atoms with van der Waals surface area (Å²) in [5, 5.41) is 5.83. The molecule has 3 rings (SSSR count). The third kappa shape index (κ3) is 5.09. The number of nitrogens with one attached hydrogen (secondary N) is 2. The monoisotopic (exact) mass is 352 g/mol. The van der Waals surface area contributed by atoms with Crippen molar-refractivity contribution in [1.82, 2.24) is 5.32 Å². The second-order valence-electron chi connectivity index (χ2n) is 6.56. The summed E-state index contributed by atoms with van der Waals surface area (Å²) < 4.78 is 5.30. The van der Waals surface area contributed by atoms with Gasteiger partial charge in [-0.2, -0.15) is 0 Å². The zero-order chi connectivity index (χ0) is 18.2. The van der Waals surface area contributed by atoms with Crippen molar-refractivity contribution in [2.24, 2.45) is 5.92 Å². The lowest BCUT2D eigenvalue weighted by molar-refractivity contribution is -0.121. The number of hydrogen-bond acceptors (Lipinski definition) is 3. The highest BCUT2D eigenvalue weighted by Gasteiger charge is 2.32. The number of hydrogen-bond donors (Lipinski definition) is 2. The molecular formula is C21H24N2O3. The van der Waals surface area contributed by atoms with Gasteiger partial charge in [0.25, 0.3) is 0 Å². The van der Waals surface area contributed by atoms with Crippen LogP contribution in [-0.4, -0.2) is 18.0 Å². The summed E-state index contributed by atoms with van der Waals surface area (Å²) in [6, 6.07) is 18.7. The van der Waals surface area contributed by atoms with Crippen LogP contribution in [0.15, 0.2) is 60.7 Å². The molecule has 1 fully saturated rings. The molecule has 0 aliphatic heterocycles. The molecule has 136 valence electrons. The second-order valence-corrected chi connectivity index (χ2v) is 6.56. The first kappa shape index (κ1) is 18.0. The van der Waals surface area contributed by atoms with Crippen LogP contribution in [0.4, 0.5) is 10.5 Å². The van der Waals surface area contributed by atoms with E-state index >= 15 is 0 Å². The summed E-state index contributed by atoms with van der Waals surface area (Å²) in [7, 11) is 0. The van der Waals surface area contributed by atoms with Crippen molar-refractivity contribution in [1.29, 1.82) is 0 Å². The van der Waals surface area contributed by atoms with Gasteiger partial charge in [-0.15, -0.1) is 0 Å². The Kier molecular flexibility index (Phi) is 6.25. The van der Waals surface area contributed by atoms with Crippen molar-refractivity contribution in [2.75, 3.05) is 5.32 Å². The molecule has 0 bridgehead atoms. The van der Waals surface area contributed by atoms with Crippen LogP contribution in [0.5, 0.6) is 0 Å². The predicted octanol–water partition coefficient (Wildman–Crippen LogP) is 4.11. The third-order valence-corrected chi connectivity index (χ3v) is 4.66. The Bertz CT molecular complexity index is 719. The van der Waals surface area contributed by atoms with Crippen molar-refractivity contribution in [3.63, 3.8) is 0 Å². The molecule has 0 heterocycles. The number of benzene rings is 2. The number of anilines is 1. The van der Waals surface area contributed by atoms with Gasteiger partial charge in [-0.25, -0.2) is 4.79 Å². The number of amides is 2. The van der Waals surface area contributed by atoms with Crippen LogP contribution >= 0.6 is 0 Å². The van der Waals surface area contributed by atoms with Gasteiger partial charge in [0, 0.05) is 11.7 Å². The fourth-order valence-corrected chi connectivity index (χ4v) is 3.29. The maximum atomic E-state index is 12.6. The maximum Gasteiger partial charge on any atom is 0.407 e. The van der Waals surface area contributed by atoms with Gasteiger partial charge in [-0.05, 0) is 30.5 Å². The standard InChI is InChI=1S/C21H24N2O3/c24-20(22-17-11-5-2-6-12-17)18-13-7-8-14-19(18)23-21(25)26-15-16-9-3-1-4-10-16/h1-6,9-12,18-19H,7-8,13-15H2,(H,22,24)(H,23,25)/t18-,19-/m1/s1. The first-order valence-electron chi connectivity index (χ1n) is 9.05. The van der Waals surface area contributed by atoms with Crippen LogP contribution in [0.25, 0.3) is 0 Å². The highest BCUT2D eigenvalue weighted by molar-refractivity contribution is 5.93. The fourth-order valence-electron chi connectivity index (χ4n) is 3.29. The Morgan fingerprint density at radius 3 is 2.31 bits per heavy atom. The highest BCUT2D eigenvalue weighted by atomic mass is 16.5. The van der Waals surface area contributed by atoms with E-state index in [4.69, 9.17) is 4.74 Å². The Balaban J connectivity index is 1.54. The van der Waals surface area contributed by atoms with Crippen LogP contribution in [0, 0.1) is 5.92 Å². The number of carbonyl (C=O) groups excluding carboxylic acids is 2. The lowest BCUT2D eigenvalue weighted by Crippen LogP contribution is -2.46. The van der Waals surface area contributed by atoms with Crippen LogP contribution in [0.2, 0.25) is 0 Å². The lowest BCUT2D eigenvalue weighted by Gasteiger charge is -2.30. The SMILES string of the molecule is O=C(N[C@@H]1CCCC[C@H]1C(=O)Nc1ccccc1)OCc1ccccc1. The van der Waals surface area contributed by atoms with Crippen LogP contribution < -0.4 is 10.6 Å². The van der Waals surface area contributed by atoms with Crippen LogP contribution in [0.3, 0.4) is 0 Å². The summed E-state index contributed by atoms with van der Waals surface area (Å²) in [5.41, 5.74) is 1.71. The lowest BCUT2D eigenvalue weighted by atomic mass is 9.84. The Labute approximate surface area is 153 Å². The molecular weight excluding hydrogens is 328 g/mol. The van der Waals surface area contributed by atoms with Gasteiger partial charge in [-0.1, -0.05) is 61.4 Å². The summed E-state index contributed by atoms with van der Waals surface area (Å²) in [5.74, 6) is -0.294. The average Bonchev–Trinajstić information content (AvgIpc) is 2.68. The largest absolute Gasteiger partial charge is 0.445 e. The fraction of sp³-hybridized carbons (Fsp3) is 0.333. The second kappa shape index (κ2) is 9.04. The van der Waals surface area contributed by atoms with Gasteiger partial charge in [0.15, 0.2) is 0 Å². The molecule has 2 amide bonds. The van der Waals surface area contributed by atoms with Crippen LogP contribution in [-0.2, 0) is 16.1 Å². The molecule has 0 radical (unpaired) electrons. The topological polar surface area (TPSA) is 67.4 Å². The molecule has 0 unspecified atom stereocenters. The maximum absolute atomic E-state index is 12.6. The first-order valence-corrected chi connectivity index (χ1v) is 9.05. The molecule has 2 aromatic carbocycles. The minimum atomic E-state index is -0.474. The Morgan fingerprint density at radius 1 is 0.923 bits per heavy atom. The minimum absolute atomic E-state index is 0.0516. The van der Waals surface area contributed by atoms with Gasteiger partial charge in [-0.3, -0.25) is 4.79 Å². The summed E-state index contributed by atoms with van der Waals surface area (Å²) >= 11 is 0. The van der Waals surface area contributed by atoms with Gasteiger partial charge >= 0.3 is 6.09 Å². The van der Waals surface area contributed by atoms with Crippen molar-refractivity contribution in [3.8, 4) is 0 Å². The number of para-hydroxylation sites is 1. The van der Waals surface area contributed by atoms with Gasteiger partial charge < -0.3 is 15.4 Å². The number of rotatable bonds is 5. The number of alkyl carbamates (subject to hydrolysis) is 1.